The van der Waals surface area contributed by atoms with E-state index in [0.717, 1.165) is 6.42 Å². The highest BCUT2D eigenvalue weighted by Crippen LogP contribution is 2.29. The number of hydrogen-bond donors (Lipinski definition) is 0. The second-order valence-electron chi connectivity index (χ2n) is 5.25. The van der Waals surface area contributed by atoms with Gasteiger partial charge in [-0.3, -0.25) is 4.79 Å². The van der Waals surface area contributed by atoms with Crippen molar-refractivity contribution < 1.29 is 19.0 Å². The van der Waals surface area contributed by atoms with Crippen molar-refractivity contribution >= 4 is 5.91 Å². The number of amides is 1. The van der Waals surface area contributed by atoms with E-state index in [1.165, 1.54) is 0 Å². The van der Waals surface area contributed by atoms with E-state index in [1.807, 2.05) is 25.7 Å². The number of methoxy groups -OCH3 is 2. The first-order chi connectivity index (χ1) is 10.5. The molecule has 0 aliphatic carbocycles. The van der Waals surface area contributed by atoms with Crippen LogP contribution < -0.4 is 9.47 Å². The molecule has 0 saturated heterocycles. The number of ether oxygens (including phenoxy) is 3. The van der Waals surface area contributed by atoms with Crippen LogP contribution in [0.2, 0.25) is 0 Å². The first-order valence-electron chi connectivity index (χ1n) is 7.65. The summed E-state index contributed by atoms with van der Waals surface area (Å²) in [6.07, 6.45) is 0.783. The van der Waals surface area contributed by atoms with Crippen LogP contribution in [-0.2, 0) is 4.74 Å². The monoisotopic (exact) mass is 309 g/mol. The third kappa shape index (κ3) is 4.91. The molecule has 1 aromatic carbocycles. The minimum absolute atomic E-state index is 0.00175. The molecule has 1 amide bonds. The SMILES string of the molecule is CCN(C(=O)c1ccc(OC)c(OCCCOC)c1)C(C)C. The molecule has 0 aliphatic heterocycles. The number of carbonyl (C=O) groups excluding carboxylic acids is 1. The van der Waals surface area contributed by atoms with Crippen molar-refractivity contribution in [3.05, 3.63) is 23.8 Å². The lowest BCUT2D eigenvalue weighted by Crippen LogP contribution is -2.36. The van der Waals surface area contributed by atoms with E-state index >= 15 is 0 Å². The molecule has 0 heterocycles. The summed E-state index contributed by atoms with van der Waals surface area (Å²) in [5, 5.41) is 0. The lowest BCUT2D eigenvalue weighted by molar-refractivity contribution is 0.0716. The Balaban J connectivity index is 2.90. The van der Waals surface area contributed by atoms with E-state index in [2.05, 4.69) is 0 Å². The van der Waals surface area contributed by atoms with Gasteiger partial charge in [0.15, 0.2) is 11.5 Å². The van der Waals surface area contributed by atoms with Crippen molar-refractivity contribution in [2.75, 3.05) is 34.0 Å². The quantitative estimate of drug-likeness (QED) is 0.658. The highest BCUT2D eigenvalue weighted by atomic mass is 16.5. The van der Waals surface area contributed by atoms with Crippen LogP contribution in [0.1, 0.15) is 37.6 Å². The van der Waals surface area contributed by atoms with Gasteiger partial charge < -0.3 is 19.1 Å². The summed E-state index contributed by atoms with van der Waals surface area (Å²) in [5.74, 6) is 1.22. The second-order valence-corrected chi connectivity index (χ2v) is 5.25. The fourth-order valence-corrected chi connectivity index (χ4v) is 2.22. The van der Waals surface area contributed by atoms with Crippen molar-refractivity contribution in [2.45, 2.75) is 33.2 Å². The van der Waals surface area contributed by atoms with Crippen LogP contribution in [0.3, 0.4) is 0 Å². The average Bonchev–Trinajstić information content (AvgIpc) is 2.51. The Bertz CT molecular complexity index is 474. The summed E-state index contributed by atoms with van der Waals surface area (Å²) in [6.45, 7) is 7.82. The van der Waals surface area contributed by atoms with Gasteiger partial charge in [0, 0.05) is 38.3 Å². The van der Waals surface area contributed by atoms with E-state index in [1.54, 1.807) is 32.4 Å². The summed E-state index contributed by atoms with van der Waals surface area (Å²) in [6, 6.07) is 5.45. The highest BCUT2D eigenvalue weighted by Gasteiger charge is 2.18. The third-order valence-corrected chi connectivity index (χ3v) is 3.39. The van der Waals surface area contributed by atoms with Crippen LogP contribution in [-0.4, -0.2) is 50.8 Å². The number of nitrogens with zero attached hydrogens (tertiary/aromatic N) is 1. The van der Waals surface area contributed by atoms with Gasteiger partial charge in [-0.25, -0.2) is 0 Å². The van der Waals surface area contributed by atoms with E-state index < -0.39 is 0 Å². The van der Waals surface area contributed by atoms with E-state index in [9.17, 15) is 4.79 Å². The van der Waals surface area contributed by atoms with Gasteiger partial charge in [0.05, 0.1) is 13.7 Å². The number of hydrogen-bond acceptors (Lipinski definition) is 4. The molecule has 124 valence electrons. The third-order valence-electron chi connectivity index (χ3n) is 3.39. The van der Waals surface area contributed by atoms with Crippen molar-refractivity contribution in [3.8, 4) is 11.5 Å². The molecule has 0 aliphatic rings. The summed E-state index contributed by atoms with van der Waals surface area (Å²) in [7, 11) is 3.25. The molecular weight excluding hydrogens is 282 g/mol. The van der Waals surface area contributed by atoms with Gasteiger partial charge in [-0.15, -0.1) is 0 Å². The van der Waals surface area contributed by atoms with Crippen molar-refractivity contribution in [1.82, 2.24) is 4.90 Å². The van der Waals surface area contributed by atoms with Crippen LogP contribution in [0.25, 0.3) is 0 Å². The van der Waals surface area contributed by atoms with Crippen LogP contribution in [0.15, 0.2) is 18.2 Å². The summed E-state index contributed by atoms with van der Waals surface area (Å²) in [4.78, 5) is 14.4. The maximum absolute atomic E-state index is 12.6. The predicted molar refractivity (Wildman–Crippen MR) is 86.8 cm³/mol. The molecule has 0 saturated carbocycles. The second kappa shape index (κ2) is 9.30. The first kappa shape index (κ1) is 18.3. The van der Waals surface area contributed by atoms with E-state index in [0.29, 0.717) is 36.8 Å². The summed E-state index contributed by atoms with van der Waals surface area (Å²) in [5.41, 5.74) is 0.609. The normalized spacial score (nSPS) is 10.6. The zero-order valence-electron chi connectivity index (χ0n) is 14.2. The Kier molecular flexibility index (Phi) is 7.74. The number of carbonyl (C=O) groups is 1. The largest absolute Gasteiger partial charge is 0.493 e. The topological polar surface area (TPSA) is 48.0 Å². The molecule has 22 heavy (non-hydrogen) atoms. The molecule has 0 unspecified atom stereocenters. The molecular formula is C17H27NO4. The lowest BCUT2D eigenvalue weighted by Gasteiger charge is -2.25. The van der Waals surface area contributed by atoms with Crippen molar-refractivity contribution in [2.24, 2.45) is 0 Å². The zero-order chi connectivity index (χ0) is 16.5. The van der Waals surface area contributed by atoms with Gasteiger partial charge in [0.2, 0.25) is 0 Å². The molecule has 0 bridgehead atoms. The molecule has 0 spiro atoms. The van der Waals surface area contributed by atoms with E-state index in [-0.39, 0.29) is 11.9 Å². The number of rotatable bonds is 9. The predicted octanol–water partition coefficient (Wildman–Crippen LogP) is 2.98. The fraction of sp³-hybridized carbons (Fsp3) is 0.588. The first-order valence-corrected chi connectivity index (χ1v) is 7.65. The Labute approximate surface area is 133 Å². The van der Waals surface area contributed by atoms with Crippen molar-refractivity contribution in [3.63, 3.8) is 0 Å². The maximum atomic E-state index is 12.6. The van der Waals surface area contributed by atoms with Gasteiger partial charge in [-0.1, -0.05) is 0 Å². The Morgan fingerprint density at radius 1 is 1.18 bits per heavy atom. The van der Waals surface area contributed by atoms with Crippen LogP contribution in [0, 0.1) is 0 Å². The number of benzene rings is 1. The van der Waals surface area contributed by atoms with Crippen LogP contribution in [0.5, 0.6) is 11.5 Å². The molecule has 0 atom stereocenters. The minimum atomic E-state index is 0.00175. The van der Waals surface area contributed by atoms with Crippen LogP contribution in [0.4, 0.5) is 0 Å². The molecule has 5 heteroatoms. The van der Waals surface area contributed by atoms with E-state index in [4.69, 9.17) is 14.2 Å². The zero-order valence-corrected chi connectivity index (χ0v) is 14.2. The molecule has 5 nitrogen and oxygen atoms in total. The maximum Gasteiger partial charge on any atom is 0.254 e. The van der Waals surface area contributed by atoms with Gasteiger partial charge in [0.25, 0.3) is 5.91 Å². The lowest BCUT2D eigenvalue weighted by atomic mass is 10.1. The molecule has 0 N–H and O–H groups in total. The van der Waals surface area contributed by atoms with Crippen LogP contribution >= 0.6 is 0 Å². The smallest absolute Gasteiger partial charge is 0.254 e. The Morgan fingerprint density at radius 3 is 2.45 bits per heavy atom. The Morgan fingerprint density at radius 2 is 1.91 bits per heavy atom. The van der Waals surface area contributed by atoms with Gasteiger partial charge in [-0.05, 0) is 39.0 Å². The average molecular weight is 309 g/mol. The summed E-state index contributed by atoms with van der Waals surface area (Å²) < 4.78 is 16.0. The molecule has 0 radical (unpaired) electrons. The molecule has 1 rings (SSSR count). The van der Waals surface area contributed by atoms with Crippen molar-refractivity contribution in [1.29, 1.82) is 0 Å². The summed E-state index contributed by atoms with van der Waals surface area (Å²) >= 11 is 0. The minimum Gasteiger partial charge on any atom is -0.493 e. The fourth-order valence-electron chi connectivity index (χ4n) is 2.22. The van der Waals surface area contributed by atoms with Gasteiger partial charge >= 0.3 is 0 Å². The molecule has 1 aromatic rings. The standard InChI is InChI=1S/C17H27NO4/c1-6-18(13(2)3)17(19)14-8-9-15(21-5)16(12-14)22-11-7-10-20-4/h8-9,12-13H,6-7,10-11H2,1-5H3. The highest BCUT2D eigenvalue weighted by molar-refractivity contribution is 5.95. The van der Waals surface area contributed by atoms with Gasteiger partial charge in [-0.2, -0.15) is 0 Å². The Hall–Kier alpha value is -1.75. The molecule has 0 aromatic heterocycles. The van der Waals surface area contributed by atoms with Gasteiger partial charge in [0.1, 0.15) is 0 Å². The molecule has 0 fully saturated rings.